The fraction of sp³-hybridized carbons (Fsp3) is 0.0476. The number of rotatable bonds is 4. The molecule has 0 radical (unpaired) electrons. The fourth-order valence-electron chi connectivity index (χ4n) is 2.81. The molecule has 0 spiro atoms. The van der Waals surface area contributed by atoms with Crippen LogP contribution in [0, 0.1) is 0 Å². The Morgan fingerprint density at radius 2 is 1.27 bits per heavy atom. The van der Waals surface area contributed by atoms with E-state index in [2.05, 4.69) is 94.7 Å². The van der Waals surface area contributed by atoms with Gasteiger partial charge in [0, 0.05) is 5.92 Å². The lowest BCUT2D eigenvalue weighted by Gasteiger charge is -2.23. The molecule has 0 aromatic heterocycles. The van der Waals surface area contributed by atoms with E-state index >= 15 is 0 Å². The molecule has 0 saturated carbocycles. The maximum Gasteiger partial charge on any atom is 0.0346 e. The molecule has 22 heavy (non-hydrogen) atoms. The highest BCUT2D eigenvalue weighted by molar-refractivity contribution is 7.27. The number of hydrogen-bond acceptors (Lipinski definition) is 0. The smallest absolute Gasteiger partial charge is 0.0346 e. The third-order valence-electron chi connectivity index (χ3n) is 3.93. The lowest BCUT2D eigenvalue weighted by atomic mass is 9.82. The van der Waals surface area contributed by atoms with Crippen molar-refractivity contribution in [1.29, 1.82) is 0 Å². The minimum atomic E-state index is 0.164. The first-order valence-electron chi connectivity index (χ1n) is 7.41. The highest BCUT2D eigenvalue weighted by Gasteiger charge is 2.20. The molecule has 0 fully saturated rings. The molecular weight excluding hydrogens is 283 g/mol. The van der Waals surface area contributed by atoms with Crippen molar-refractivity contribution in [3.8, 4) is 0 Å². The van der Waals surface area contributed by atoms with Crippen molar-refractivity contribution in [2.75, 3.05) is 0 Å². The van der Waals surface area contributed by atoms with Crippen LogP contribution in [-0.2, 0) is 0 Å². The van der Waals surface area contributed by atoms with Gasteiger partial charge in [0.05, 0.1) is 0 Å². The number of allylic oxidation sites excluding steroid dienone is 1. The van der Waals surface area contributed by atoms with Crippen LogP contribution in [0.3, 0.4) is 0 Å². The van der Waals surface area contributed by atoms with Crippen LogP contribution in [-0.4, -0.2) is 0 Å². The normalized spacial score (nSPS) is 11.9. The first-order chi connectivity index (χ1) is 10.8. The van der Waals surface area contributed by atoms with Crippen LogP contribution in [0.25, 0.3) is 5.57 Å². The van der Waals surface area contributed by atoms with Gasteiger partial charge in [-0.2, -0.15) is 0 Å². The zero-order chi connectivity index (χ0) is 15.4. The van der Waals surface area contributed by atoms with Crippen LogP contribution < -0.4 is 5.30 Å². The molecule has 0 saturated heterocycles. The van der Waals surface area contributed by atoms with Gasteiger partial charge in [0.25, 0.3) is 0 Å². The molecule has 2 atom stereocenters. The SMILES string of the molecule is C=C(c1ccccc1)C(c1ccccc1)c1ccccc1P. The van der Waals surface area contributed by atoms with E-state index in [4.69, 9.17) is 0 Å². The van der Waals surface area contributed by atoms with Crippen LogP contribution in [0.15, 0.2) is 91.5 Å². The molecule has 0 aliphatic carbocycles. The summed E-state index contributed by atoms with van der Waals surface area (Å²) in [7, 11) is 2.85. The highest BCUT2D eigenvalue weighted by Crippen LogP contribution is 2.36. The summed E-state index contributed by atoms with van der Waals surface area (Å²) < 4.78 is 0. The first kappa shape index (κ1) is 14.8. The number of hydrogen-bond donors (Lipinski definition) is 0. The minimum absolute atomic E-state index is 0.164. The van der Waals surface area contributed by atoms with E-state index in [1.165, 1.54) is 22.0 Å². The van der Waals surface area contributed by atoms with Crippen molar-refractivity contribution in [2.45, 2.75) is 5.92 Å². The third-order valence-corrected chi connectivity index (χ3v) is 4.46. The Morgan fingerprint density at radius 1 is 0.727 bits per heavy atom. The molecule has 0 nitrogen and oxygen atoms in total. The second-order valence-corrected chi connectivity index (χ2v) is 5.99. The van der Waals surface area contributed by atoms with Gasteiger partial charge < -0.3 is 0 Å². The Balaban J connectivity index is 2.12. The second-order valence-electron chi connectivity index (χ2n) is 5.36. The van der Waals surface area contributed by atoms with Crippen molar-refractivity contribution in [1.82, 2.24) is 0 Å². The van der Waals surface area contributed by atoms with Gasteiger partial charge >= 0.3 is 0 Å². The van der Waals surface area contributed by atoms with Gasteiger partial charge in [0.1, 0.15) is 0 Å². The summed E-state index contributed by atoms with van der Waals surface area (Å²) in [6.07, 6.45) is 0. The molecular formula is C21H19P. The Morgan fingerprint density at radius 3 is 1.91 bits per heavy atom. The van der Waals surface area contributed by atoms with Gasteiger partial charge in [-0.15, -0.1) is 9.24 Å². The van der Waals surface area contributed by atoms with E-state index < -0.39 is 0 Å². The maximum absolute atomic E-state index is 4.41. The second kappa shape index (κ2) is 6.73. The molecule has 0 bridgehead atoms. The van der Waals surface area contributed by atoms with E-state index in [9.17, 15) is 0 Å². The van der Waals surface area contributed by atoms with E-state index in [-0.39, 0.29) is 5.92 Å². The first-order valence-corrected chi connectivity index (χ1v) is 7.98. The summed E-state index contributed by atoms with van der Waals surface area (Å²) in [6.45, 7) is 4.41. The lowest BCUT2D eigenvalue weighted by molar-refractivity contribution is 1.06. The predicted octanol–water partition coefficient (Wildman–Crippen LogP) is 5.03. The Kier molecular flexibility index (Phi) is 4.51. The summed E-state index contributed by atoms with van der Waals surface area (Å²) in [5.41, 5.74) is 4.87. The monoisotopic (exact) mass is 302 g/mol. The van der Waals surface area contributed by atoms with E-state index in [0.717, 1.165) is 5.57 Å². The van der Waals surface area contributed by atoms with Crippen LogP contribution >= 0.6 is 9.24 Å². The molecule has 3 aromatic rings. The summed E-state index contributed by atoms with van der Waals surface area (Å²) in [4.78, 5) is 0. The molecule has 3 rings (SSSR count). The van der Waals surface area contributed by atoms with Crippen molar-refractivity contribution in [3.63, 3.8) is 0 Å². The van der Waals surface area contributed by atoms with Gasteiger partial charge in [-0.1, -0.05) is 91.5 Å². The topological polar surface area (TPSA) is 0 Å². The van der Waals surface area contributed by atoms with Gasteiger partial charge in [0.15, 0.2) is 0 Å². The van der Waals surface area contributed by atoms with Gasteiger partial charge in [0.2, 0.25) is 0 Å². The summed E-state index contributed by atoms with van der Waals surface area (Å²) in [6, 6.07) is 29.5. The highest BCUT2D eigenvalue weighted by atomic mass is 31.0. The summed E-state index contributed by atoms with van der Waals surface area (Å²) in [5.74, 6) is 0.164. The molecule has 1 heteroatoms. The molecule has 0 aliphatic rings. The zero-order valence-electron chi connectivity index (χ0n) is 12.4. The largest absolute Gasteiger partial charge is 0.105 e. The van der Waals surface area contributed by atoms with E-state index in [1.807, 2.05) is 6.07 Å². The van der Waals surface area contributed by atoms with Crippen molar-refractivity contribution in [3.05, 3.63) is 108 Å². The average Bonchev–Trinajstić information content (AvgIpc) is 2.58. The van der Waals surface area contributed by atoms with Crippen molar-refractivity contribution >= 4 is 20.1 Å². The average molecular weight is 302 g/mol. The summed E-state index contributed by atoms with van der Waals surface area (Å²) >= 11 is 0. The lowest BCUT2D eigenvalue weighted by Crippen LogP contribution is -2.11. The fourth-order valence-corrected chi connectivity index (χ4v) is 3.18. The third kappa shape index (κ3) is 3.03. The molecule has 0 N–H and O–H groups in total. The van der Waals surface area contributed by atoms with Gasteiger partial charge in [-0.3, -0.25) is 0 Å². The zero-order valence-corrected chi connectivity index (χ0v) is 13.6. The Bertz CT molecular complexity index is 760. The molecule has 2 unspecified atom stereocenters. The Hall–Kier alpha value is -2.17. The van der Waals surface area contributed by atoms with Crippen LogP contribution in [0.1, 0.15) is 22.6 Å². The standard InChI is InChI=1S/C21H19P/c1-16(17-10-4-2-5-11-17)21(18-12-6-3-7-13-18)19-14-8-9-15-20(19)22/h2-15,21H,1,22H2. The summed E-state index contributed by atoms with van der Waals surface area (Å²) in [5, 5.41) is 1.22. The molecule has 108 valence electrons. The van der Waals surface area contributed by atoms with Crippen molar-refractivity contribution < 1.29 is 0 Å². The molecule has 0 heterocycles. The van der Waals surface area contributed by atoms with Gasteiger partial charge in [-0.05, 0) is 27.6 Å². The minimum Gasteiger partial charge on any atom is -0.105 e. The number of benzene rings is 3. The van der Waals surface area contributed by atoms with E-state index in [0.29, 0.717) is 0 Å². The van der Waals surface area contributed by atoms with Crippen molar-refractivity contribution in [2.24, 2.45) is 0 Å². The van der Waals surface area contributed by atoms with Gasteiger partial charge in [-0.25, -0.2) is 0 Å². The Labute approximate surface area is 134 Å². The molecule has 0 aliphatic heterocycles. The quantitative estimate of drug-likeness (QED) is 0.593. The van der Waals surface area contributed by atoms with Crippen LogP contribution in [0.4, 0.5) is 0 Å². The van der Waals surface area contributed by atoms with E-state index in [1.54, 1.807) is 0 Å². The maximum atomic E-state index is 4.41. The molecule has 3 aromatic carbocycles. The van der Waals surface area contributed by atoms with Crippen LogP contribution in [0.5, 0.6) is 0 Å². The molecule has 0 amide bonds. The van der Waals surface area contributed by atoms with Crippen LogP contribution in [0.2, 0.25) is 0 Å². The predicted molar refractivity (Wildman–Crippen MR) is 99.5 cm³/mol.